The Labute approximate surface area is 148 Å². The van der Waals surface area contributed by atoms with Crippen LogP contribution in [-0.4, -0.2) is 36.4 Å². The van der Waals surface area contributed by atoms with Gasteiger partial charge in [-0.1, -0.05) is 18.5 Å². The van der Waals surface area contributed by atoms with Gasteiger partial charge < -0.3 is 4.74 Å². The normalized spacial score (nSPS) is 17.8. The third-order valence-electron chi connectivity index (χ3n) is 4.57. The van der Waals surface area contributed by atoms with Gasteiger partial charge in [0.1, 0.15) is 12.4 Å². The molecule has 0 amide bonds. The molecule has 1 aliphatic heterocycles. The molecule has 0 aliphatic carbocycles. The lowest BCUT2D eigenvalue weighted by Crippen LogP contribution is -2.33. The summed E-state index contributed by atoms with van der Waals surface area (Å²) >= 11 is 5.86. The van der Waals surface area contributed by atoms with Crippen LogP contribution in [0.4, 0.5) is 0 Å². The summed E-state index contributed by atoms with van der Waals surface area (Å²) in [5.74, 6) is 0.803. The van der Waals surface area contributed by atoms with Crippen LogP contribution in [0.5, 0.6) is 5.75 Å². The number of carbonyl (C=O) groups excluding carboxylic acids is 1. The van der Waals surface area contributed by atoms with Gasteiger partial charge in [0, 0.05) is 22.2 Å². The maximum atomic E-state index is 12.4. The molecule has 0 aromatic heterocycles. The largest absolute Gasteiger partial charge is 0.492 e. The van der Waals surface area contributed by atoms with Crippen molar-refractivity contribution < 1.29 is 9.53 Å². The van der Waals surface area contributed by atoms with Gasteiger partial charge in [0.25, 0.3) is 0 Å². The average molecular weight is 344 g/mol. The first-order valence-electron chi connectivity index (χ1n) is 8.44. The molecule has 24 heavy (non-hydrogen) atoms. The van der Waals surface area contributed by atoms with Crippen LogP contribution in [0.25, 0.3) is 0 Å². The number of carbonyl (C=O) groups is 1. The van der Waals surface area contributed by atoms with Crippen molar-refractivity contribution in [2.24, 2.45) is 0 Å². The lowest BCUT2D eigenvalue weighted by molar-refractivity contribution is 0.103. The van der Waals surface area contributed by atoms with Crippen molar-refractivity contribution in [2.75, 3.05) is 19.7 Å². The highest BCUT2D eigenvalue weighted by molar-refractivity contribution is 6.30. The molecule has 1 heterocycles. The van der Waals surface area contributed by atoms with Crippen molar-refractivity contribution in [2.45, 2.75) is 25.8 Å². The lowest BCUT2D eigenvalue weighted by atomic mass is 10.0. The van der Waals surface area contributed by atoms with Crippen LogP contribution in [0.2, 0.25) is 5.02 Å². The van der Waals surface area contributed by atoms with Crippen molar-refractivity contribution in [1.29, 1.82) is 0 Å². The van der Waals surface area contributed by atoms with E-state index in [-0.39, 0.29) is 5.78 Å². The number of benzene rings is 2. The molecule has 1 saturated heterocycles. The third-order valence-corrected chi connectivity index (χ3v) is 4.82. The van der Waals surface area contributed by atoms with Crippen LogP contribution in [0, 0.1) is 0 Å². The zero-order chi connectivity index (χ0) is 16.9. The van der Waals surface area contributed by atoms with Gasteiger partial charge in [-0.3, -0.25) is 9.69 Å². The van der Waals surface area contributed by atoms with Crippen molar-refractivity contribution >= 4 is 17.4 Å². The molecule has 2 aromatic carbocycles. The predicted molar refractivity (Wildman–Crippen MR) is 97.1 cm³/mol. The van der Waals surface area contributed by atoms with E-state index in [4.69, 9.17) is 16.3 Å². The van der Waals surface area contributed by atoms with Crippen LogP contribution in [0.3, 0.4) is 0 Å². The van der Waals surface area contributed by atoms with E-state index < -0.39 is 0 Å². The van der Waals surface area contributed by atoms with Gasteiger partial charge >= 0.3 is 0 Å². The maximum Gasteiger partial charge on any atom is 0.193 e. The maximum absolute atomic E-state index is 12.4. The quantitative estimate of drug-likeness (QED) is 0.726. The monoisotopic (exact) mass is 343 g/mol. The second kappa shape index (κ2) is 7.82. The summed E-state index contributed by atoms with van der Waals surface area (Å²) in [6.45, 7) is 5.13. The molecule has 2 aromatic rings. The molecule has 0 bridgehead atoms. The number of ether oxygens (including phenoxy) is 1. The van der Waals surface area contributed by atoms with Gasteiger partial charge in [-0.15, -0.1) is 0 Å². The second-order valence-electron chi connectivity index (χ2n) is 6.10. The highest BCUT2D eigenvalue weighted by Crippen LogP contribution is 2.20. The van der Waals surface area contributed by atoms with E-state index in [0.717, 1.165) is 12.3 Å². The molecule has 1 atom stereocenters. The molecule has 4 heteroatoms. The van der Waals surface area contributed by atoms with Crippen molar-refractivity contribution in [3.8, 4) is 5.75 Å². The van der Waals surface area contributed by atoms with Crippen LogP contribution in [-0.2, 0) is 0 Å². The van der Waals surface area contributed by atoms with Crippen LogP contribution in [0.1, 0.15) is 35.7 Å². The Hall–Kier alpha value is -1.84. The molecular formula is C20H22ClNO2. The zero-order valence-electron chi connectivity index (χ0n) is 13.9. The van der Waals surface area contributed by atoms with Crippen molar-refractivity contribution in [3.63, 3.8) is 0 Å². The molecule has 1 aliphatic rings. The number of nitrogens with zero attached hydrogens (tertiary/aromatic N) is 1. The van der Waals surface area contributed by atoms with Gasteiger partial charge in [-0.05, 0) is 74.5 Å². The topological polar surface area (TPSA) is 29.5 Å². The van der Waals surface area contributed by atoms with Crippen molar-refractivity contribution in [3.05, 3.63) is 64.7 Å². The molecular weight excluding hydrogens is 322 g/mol. The van der Waals surface area contributed by atoms with Gasteiger partial charge in [-0.25, -0.2) is 0 Å². The number of hydrogen-bond acceptors (Lipinski definition) is 3. The number of likely N-dealkylation sites (tertiary alicyclic amines) is 1. The van der Waals surface area contributed by atoms with E-state index in [1.165, 1.54) is 19.4 Å². The number of ketones is 1. The summed E-state index contributed by atoms with van der Waals surface area (Å²) in [6.07, 6.45) is 2.44. The average Bonchev–Trinajstić information content (AvgIpc) is 3.08. The fraction of sp³-hybridized carbons (Fsp3) is 0.350. The minimum Gasteiger partial charge on any atom is -0.492 e. The zero-order valence-corrected chi connectivity index (χ0v) is 14.6. The number of likely N-dealkylation sites (N-methyl/N-ethyl adjacent to an activating group) is 1. The van der Waals surface area contributed by atoms with E-state index in [1.807, 2.05) is 24.3 Å². The van der Waals surface area contributed by atoms with E-state index in [9.17, 15) is 4.79 Å². The minimum atomic E-state index is -0.00818. The highest BCUT2D eigenvalue weighted by atomic mass is 35.5. The van der Waals surface area contributed by atoms with E-state index in [0.29, 0.717) is 28.8 Å². The molecule has 3 rings (SSSR count). The van der Waals surface area contributed by atoms with Crippen LogP contribution >= 0.6 is 11.6 Å². The molecule has 126 valence electrons. The molecule has 3 nitrogen and oxygen atoms in total. The molecule has 1 unspecified atom stereocenters. The number of halogens is 1. The standard InChI is InChI=1S/C20H22ClNO2/c1-2-22-13-3-4-18(22)14-24-19-11-7-16(8-12-19)20(23)15-5-9-17(21)10-6-15/h5-12,18H,2-4,13-14H2,1H3. The Bertz CT molecular complexity index is 682. The summed E-state index contributed by atoms with van der Waals surface area (Å²) in [4.78, 5) is 14.9. The fourth-order valence-corrected chi connectivity index (χ4v) is 3.29. The first-order chi connectivity index (χ1) is 11.7. The molecule has 0 saturated carbocycles. The van der Waals surface area contributed by atoms with Gasteiger partial charge in [0.2, 0.25) is 0 Å². The van der Waals surface area contributed by atoms with Gasteiger partial charge in [0.05, 0.1) is 0 Å². The summed E-state index contributed by atoms with van der Waals surface area (Å²) < 4.78 is 5.91. The van der Waals surface area contributed by atoms with Crippen LogP contribution < -0.4 is 4.74 Å². The lowest BCUT2D eigenvalue weighted by Gasteiger charge is -2.22. The van der Waals surface area contributed by atoms with Gasteiger partial charge in [-0.2, -0.15) is 0 Å². The summed E-state index contributed by atoms with van der Waals surface area (Å²) in [6, 6.07) is 14.8. The molecule has 1 fully saturated rings. The first-order valence-corrected chi connectivity index (χ1v) is 8.82. The molecule has 0 N–H and O–H groups in total. The third kappa shape index (κ3) is 3.97. The Morgan fingerprint density at radius 3 is 2.38 bits per heavy atom. The SMILES string of the molecule is CCN1CCCC1COc1ccc(C(=O)c2ccc(Cl)cc2)cc1. The Morgan fingerprint density at radius 1 is 1.12 bits per heavy atom. The van der Waals surface area contributed by atoms with E-state index >= 15 is 0 Å². The Balaban J connectivity index is 1.60. The highest BCUT2D eigenvalue weighted by Gasteiger charge is 2.23. The van der Waals surface area contributed by atoms with Crippen LogP contribution in [0.15, 0.2) is 48.5 Å². The summed E-state index contributed by atoms with van der Waals surface area (Å²) in [5.41, 5.74) is 1.29. The summed E-state index contributed by atoms with van der Waals surface area (Å²) in [7, 11) is 0. The number of hydrogen-bond donors (Lipinski definition) is 0. The fourth-order valence-electron chi connectivity index (χ4n) is 3.16. The second-order valence-corrected chi connectivity index (χ2v) is 6.53. The Morgan fingerprint density at radius 2 is 1.75 bits per heavy atom. The summed E-state index contributed by atoms with van der Waals surface area (Å²) in [5, 5.41) is 0.628. The van der Waals surface area contributed by atoms with E-state index in [1.54, 1.807) is 24.3 Å². The van der Waals surface area contributed by atoms with E-state index in [2.05, 4.69) is 11.8 Å². The Kier molecular flexibility index (Phi) is 5.54. The number of rotatable bonds is 6. The smallest absolute Gasteiger partial charge is 0.193 e. The van der Waals surface area contributed by atoms with Gasteiger partial charge in [0.15, 0.2) is 5.78 Å². The molecule has 0 spiro atoms. The van der Waals surface area contributed by atoms with Crippen molar-refractivity contribution in [1.82, 2.24) is 4.90 Å². The minimum absolute atomic E-state index is 0.00818. The predicted octanol–water partition coefficient (Wildman–Crippen LogP) is 4.43. The molecule has 0 radical (unpaired) electrons. The first kappa shape index (κ1) is 17.0.